The van der Waals surface area contributed by atoms with Crippen molar-refractivity contribution in [1.29, 1.82) is 0 Å². The fraction of sp³-hybridized carbons (Fsp3) is 0.300. The van der Waals surface area contributed by atoms with Crippen molar-refractivity contribution in [3.05, 3.63) is 29.6 Å². The van der Waals surface area contributed by atoms with Crippen LogP contribution in [0.25, 0.3) is 0 Å². The molecule has 1 unspecified atom stereocenters. The number of phenolic OH excluding ortho intramolecular Hbond substituents is 1. The monoisotopic (exact) mass is 182 g/mol. The maximum absolute atomic E-state index is 12.8. The molecule has 0 spiro atoms. The number of phenols is 1. The minimum atomic E-state index is -0.643. The van der Waals surface area contributed by atoms with Crippen LogP contribution in [0, 0.1) is 5.82 Å². The van der Waals surface area contributed by atoms with Crippen LogP contribution in [0.2, 0.25) is 0 Å². The molecule has 0 amide bonds. The highest BCUT2D eigenvalue weighted by Gasteiger charge is 2.12. The molecular formula is C10H11FO2. The third-order valence-electron chi connectivity index (χ3n) is 2.00. The Morgan fingerprint density at radius 3 is 2.92 bits per heavy atom. The topological polar surface area (TPSA) is 37.3 Å². The fourth-order valence-electron chi connectivity index (χ4n) is 1.20. The smallest absolute Gasteiger partial charge is 0.165 e. The molecule has 1 aromatic carbocycles. The average molecular weight is 182 g/mol. The lowest BCUT2D eigenvalue weighted by Gasteiger charge is -2.10. The Hall–Kier alpha value is -1.38. The van der Waals surface area contributed by atoms with Gasteiger partial charge in [0.25, 0.3) is 0 Å². The predicted molar refractivity (Wildman–Crippen MR) is 47.2 cm³/mol. The first-order valence-electron chi connectivity index (χ1n) is 4.07. The van der Waals surface area contributed by atoms with Crippen molar-refractivity contribution in [3.63, 3.8) is 0 Å². The second-order valence-electron chi connectivity index (χ2n) is 2.98. The summed E-state index contributed by atoms with van der Waals surface area (Å²) in [5.41, 5.74) is 0.479. The van der Waals surface area contributed by atoms with E-state index in [4.69, 9.17) is 0 Å². The Kier molecular flexibility index (Phi) is 3.01. The maximum Gasteiger partial charge on any atom is 0.165 e. The quantitative estimate of drug-likeness (QED) is 0.728. The summed E-state index contributed by atoms with van der Waals surface area (Å²) in [7, 11) is 0. The number of halogens is 1. The molecule has 1 aromatic rings. The van der Waals surface area contributed by atoms with Crippen molar-refractivity contribution in [2.45, 2.75) is 19.3 Å². The van der Waals surface area contributed by atoms with E-state index >= 15 is 0 Å². The highest BCUT2D eigenvalue weighted by molar-refractivity contribution is 5.52. The van der Waals surface area contributed by atoms with Crippen LogP contribution >= 0.6 is 0 Å². The second kappa shape index (κ2) is 4.03. The molecule has 0 fully saturated rings. The third-order valence-corrected chi connectivity index (χ3v) is 2.00. The highest BCUT2D eigenvalue weighted by Crippen LogP contribution is 2.29. The minimum Gasteiger partial charge on any atom is -0.505 e. The normalized spacial score (nSPS) is 12.5. The summed E-state index contributed by atoms with van der Waals surface area (Å²) in [5, 5.41) is 9.30. The van der Waals surface area contributed by atoms with Crippen molar-refractivity contribution in [2.75, 3.05) is 0 Å². The summed E-state index contributed by atoms with van der Waals surface area (Å²) < 4.78 is 12.8. The van der Waals surface area contributed by atoms with E-state index in [2.05, 4.69) is 0 Å². The molecule has 0 aliphatic rings. The Labute approximate surface area is 76.0 Å². The number of hydrogen-bond acceptors (Lipinski definition) is 2. The van der Waals surface area contributed by atoms with E-state index in [0.29, 0.717) is 5.56 Å². The predicted octanol–water partition coefficient (Wildman–Crippen LogP) is 2.22. The van der Waals surface area contributed by atoms with E-state index < -0.39 is 5.82 Å². The van der Waals surface area contributed by atoms with Crippen molar-refractivity contribution in [1.82, 2.24) is 0 Å². The standard InChI is InChI=1S/C10H11FO2/c1-7(5-6-12)8-3-2-4-9(11)10(8)13/h2-4,6-7,13H,5H2,1H3. The molecule has 0 saturated carbocycles. The zero-order valence-electron chi connectivity index (χ0n) is 7.33. The average Bonchev–Trinajstić information content (AvgIpc) is 2.10. The largest absolute Gasteiger partial charge is 0.505 e. The van der Waals surface area contributed by atoms with Gasteiger partial charge in [-0.1, -0.05) is 19.1 Å². The van der Waals surface area contributed by atoms with Crippen LogP contribution in [0.5, 0.6) is 5.75 Å². The molecule has 0 radical (unpaired) electrons. The Morgan fingerprint density at radius 1 is 1.62 bits per heavy atom. The number of hydrogen-bond donors (Lipinski definition) is 1. The first-order valence-corrected chi connectivity index (χ1v) is 4.07. The van der Waals surface area contributed by atoms with Crippen molar-refractivity contribution in [2.24, 2.45) is 0 Å². The van der Waals surface area contributed by atoms with Gasteiger partial charge in [0, 0.05) is 12.0 Å². The van der Waals surface area contributed by atoms with Crippen LogP contribution < -0.4 is 0 Å². The first kappa shape index (κ1) is 9.71. The van der Waals surface area contributed by atoms with Gasteiger partial charge < -0.3 is 9.90 Å². The molecule has 13 heavy (non-hydrogen) atoms. The van der Waals surface area contributed by atoms with E-state index in [0.717, 1.165) is 6.29 Å². The number of carbonyl (C=O) groups is 1. The van der Waals surface area contributed by atoms with Gasteiger partial charge in [-0.05, 0) is 12.0 Å². The van der Waals surface area contributed by atoms with Crippen molar-refractivity contribution in [3.8, 4) is 5.75 Å². The first-order chi connectivity index (χ1) is 6.16. The van der Waals surface area contributed by atoms with Gasteiger partial charge in [0.2, 0.25) is 0 Å². The molecule has 0 heterocycles. The lowest BCUT2D eigenvalue weighted by Crippen LogP contribution is -1.95. The Balaban J connectivity index is 3.00. The fourth-order valence-corrected chi connectivity index (χ4v) is 1.20. The van der Waals surface area contributed by atoms with Gasteiger partial charge >= 0.3 is 0 Å². The molecule has 0 saturated heterocycles. The Bertz CT molecular complexity index is 310. The lowest BCUT2D eigenvalue weighted by molar-refractivity contribution is -0.108. The number of para-hydroxylation sites is 1. The Morgan fingerprint density at radius 2 is 2.31 bits per heavy atom. The zero-order chi connectivity index (χ0) is 9.84. The van der Waals surface area contributed by atoms with E-state index in [9.17, 15) is 14.3 Å². The third kappa shape index (κ3) is 2.05. The van der Waals surface area contributed by atoms with E-state index in [1.54, 1.807) is 13.0 Å². The number of rotatable bonds is 3. The molecular weight excluding hydrogens is 171 g/mol. The number of aromatic hydroxyl groups is 1. The highest BCUT2D eigenvalue weighted by atomic mass is 19.1. The van der Waals surface area contributed by atoms with Crippen LogP contribution in [0.4, 0.5) is 4.39 Å². The van der Waals surface area contributed by atoms with E-state index in [1.165, 1.54) is 12.1 Å². The lowest BCUT2D eigenvalue weighted by atomic mass is 9.97. The van der Waals surface area contributed by atoms with Gasteiger partial charge in [-0.25, -0.2) is 4.39 Å². The molecule has 0 aliphatic heterocycles. The van der Waals surface area contributed by atoms with Crippen LogP contribution in [-0.4, -0.2) is 11.4 Å². The molecule has 0 aromatic heterocycles. The van der Waals surface area contributed by atoms with Gasteiger partial charge in [0.05, 0.1) is 0 Å². The van der Waals surface area contributed by atoms with Crippen LogP contribution in [0.1, 0.15) is 24.8 Å². The molecule has 70 valence electrons. The molecule has 1 N–H and O–H groups in total. The molecule has 1 rings (SSSR count). The summed E-state index contributed by atoms with van der Waals surface area (Å²) in [6, 6.07) is 4.32. The number of aldehydes is 1. The molecule has 0 aliphatic carbocycles. The SMILES string of the molecule is CC(CC=O)c1cccc(F)c1O. The van der Waals surface area contributed by atoms with Gasteiger partial charge in [-0.2, -0.15) is 0 Å². The van der Waals surface area contributed by atoms with Crippen LogP contribution in [0.3, 0.4) is 0 Å². The van der Waals surface area contributed by atoms with Crippen LogP contribution in [0.15, 0.2) is 18.2 Å². The van der Waals surface area contributed by atoms with E-state index in [-0.39, 0.29) is 18.1 Å². The molecule has 2 nitrogen and oxygen atoms in total. The van der Waals surface area contributed by atoms with Crippen molar-refractivity contribution < 1.29 is 14.3 Å². The van der Waals surface area contributed by atoms with Crippen molar-refractivity contribution >= 4 is 6.29 Å². The number of benzene rings is 1. The zero-order valence-corrected chi connectivity index (χ0v) is 7.33. The number of carbonyl (C=O) groups excluding carboxylic acids is 1. The van der Waals surface area contributed by atoms with Gasteiger partial charge in [0.15, 0.2) is 11.6 Å². The minimum absolute atomic E-state index is 0.145. The molecule has 0 bridgehead atoms. The molecule has 3 heteroatoms. The summed E-state index contributed by atoms with van der Waals surface area (Å²) in [4.78, 5) is 10.2. The second-order valence-corrected chi connectivity index (χ2v) is 2.98. The molecule has 1 atom stereocenters. The summed E-state index contributed by atoms with van der Waals surface area (Å²) in [5.74, 6) is -1.14. The van der Waals surface area contributed by atoms with Crippen LogP contribution in [-0.2, 0) is 4.79 Å². The van der Waals surface area contributed by atoms with E-state index in [1.807, 2.05) is 0 Å². The maximum atomic E-state index is 12.8. The summed E-state index contributed by atoms with van der Waals surface area (Å²) >= 11 is 0. The van der Waals surface area contributed by atoms with Gasteiger partial charge in [-0.3, -0.25) is 0 Å². The summed E-state index contributed by atoms with van der Waals surface area (Å²) in [6.45, 7) is 1.77. The summed E-state index contributed by atoms with van der Waals surface area (Å²) in [6.07, 6.45) is 1.05. The van der Waals surface area contributed by atoms with Gasteiger partial charge in [0.1, 0.15) is 6.29 Å². The van der Waals surface area contributed by atoms with Gasteiger partial charge in [-0.15, -0.1) is 0 Å².